The van der Waals surface area contributed by atoms with E-state index in [1.165, 1.54) is 11.1 Å². The van der Waals surface area contributed by atoms with E-state index in [0.29, 0.717) is 11.6 Å². The van der Waals surface area contributed by atoms with Gasteiger partial charge >= 0.3 is 0 Å². The van der Waals surface area contributed by atoms with E-state index in [9.17, 15) is 0 Å². The van der Waals surface area contributed by atoms with Gasteiger partial charge in [0.25, 0.3) is 0 Å². The van der Waals surface area contributed by atoms with Crippen LogP contribution < -0.4 is 4.74 Å². The van der Waals surface area contributed by atoms with Gasteiger partial charge in [-0.25, -0.2) is 0 Å². The molecule has 0 amide bonds. The zero-order valence-corrected chi connectivity index (χ0v) is 17.0. The van der Waals surface area contributed by atoms with Crippen LogP contribution in [0.1, 0.15) is 22.3 Å². The number of hydrogen-bond acceptors (Lipinski definition) is 2. The summed E-state index contributed by atoms with van der Waals surface area (Å²) in [7, 11) is 0. The summed E-state index contributed by atoms with van der Waals surface area (Å²) in [5.41, 5.74) is 5.42. The molecule has 0 aromatic heterocycles. The van der Waals surface area contributed by atoms with Crippen molar-refractivity contribution in [3.05, 3.63) is 92.4 Å². The molecule has 0 heterocycles. The normalized spacial score (nSPS) is 11.1. The van der Waals surface area contributed by atoms with Crippen LogP contribution in [0.25, 0.3) is 0 Å². The Labute approximate surface area is 167 Å². The second-order valence-electron chi connectivity index (χ2n) is 6.10. The molecule has 0 spiro atoms. The third-order valence-electron chi connectivity index (χ3n) is 4.15. The average Bonchev–Trinajstić information content (AvgIpc) is 2.63. The van der Waals surface area contributed by atoms with Crippen molar-refractivity contribution < 1.29 is 4.74 Å². The first kappa shape index (κ1) is 18.7. The molecular weight excluding hydrogens is 410 g/mol. The average molecular weight is 429 g/mol. The van der Waals surface area contributed by atoms with E-state index in [4.69, 9.17) is 16.3 Å². The highest BCUT2D eigenvalue weighted by atomic mass is 79.9. The predicted octanol–water partition coefficient (Wildman–Crippen LogP) is 7.05. The van der Waals surface area contributed by atoms with Crippen molar-refractivity contribution in [2.75, 3.05) is 0 Å². The standard InChI is InChI=1S/C22H19BrClNO/c1-15-7-9-19(11-16(15)2)25-13-17-8-10-22(20(23)12-17)26-14-18-5-3-4-6-21(18)24/h3-13H,14H2,1-2H3. The van der Waals surface area contributed by atoms with E-state index in [1.54, 1.807) is 0 Å². The number of halogens is 2. The van der Waals surface area contributed by atoms with Gasteiger partial charge in [0.15, 0.2) is 0 Å². The largest absolute Gasteiger partial charge is 0.488 e. The van der Waals surface area contributed by atoms with Crippen LogP contribution in [0.5, 0.6) is 5.75 Å². The number of benzene rings is 3. The molecule has 2 nitrogen and oxygen atoms in total. The highest BCUT2D eigenvalue weighted by molar-refractivity contribution is 9.10. The summed E-state index contributed by atoms with van der Waals surface area (Å²) in [6.45, 7) is 4.62. The fourth-order valence-corrected chi connectivity index (χ4v) is 3.14. The summed E-state index contributed by atoms with van der Waals surface area (Å²) in [6, 6.07) is 19.8. The Morgan fingerprint density at radius 2 is 1.81 bits per heavy atom. The van der Waals surface area contributed by atoms with Crippen LogP contribution >= 0.6 is 27.5 Å². The molecule has 0 unspecified atom stereocenters. The third kappa shape index (κ3) is 4.75. The monoisotopic (exact) mass is 427 g/mol. The van der Waals surface area contributed by atoms with E-state index in [1.807, 2.05) is 54.7 Å². The van der Waals surface area contributed by atoms with Crippen LogP contribution in [-0.4, -0.2) is 6.21 Å². The lowest BCUT2D eigenvalue weighted by Gasteiger charge is -2.10. The quantitative estimate of drug-likeness (QED) is 0.399. The zero-order chi connectivity index (χ0) is 18.5. The minimum atomic E-state index is 0.425. The number of rotatable bonds is 5. The summed E-state index contributed by atoms with van der Waals surface area (Å²) < 4.78 is 6.76. The molecule has 0 aliphatic rings. The fourth-order valence-electron chi connectivity index (χ4n) is 2.44. The van der Waals surface area contributed by atoms with E-state index in [0.717, 1.165) is 27.0 Å². The van der Waals surface area contributed by atoms with Gasteiger partial charge in [-0.15, -0.1) is 0 Å². The van der Waals surface area contributed by atoms with Gasteiger partial charge < -0.3 is 4.74 Å². The predicted molar refractivity (Wildman–Crippen MR) is 113 cm³/mol. The SMILES string of the molecule is Cc1ccc(N=Cc2ccc(OCc3ccccc3Cl)c(Br)c2)cc1C. The Morgan fingerprint density at radius 3 is 2.54 bits per heavy atom. The molecule has 0 fully saturated rings. The molecule has 0 aliphatic heterocycles. The first-order valence-corrected chi connectivity index (χ1v) is 9.47. The minimum absolute atomic E-state index is 0.425. The number of hydrogen-bond donors (Lipinski definition) is 0. The molecule has 0 atom stereocenters. The first-order chi connectivity index (χ1) is 12.5. The Kier molecular flexibility index (Phi) is 6.12. The lowest BCUT2D eigenvalue weighted by Crippen LogP contribution is -1.97. The van der Waals surface area contributed by atoms with Gasteiger partial charge in [0, 0.05) is 16.8 Å². The van der Waals surface area contributed by atoms with Crippen LogP contribution in [0.4, 0.5) is 5.69 Å². The Hall–Kier alpha value is -2.10. The first-order valence-electron chi connectivity index (χ1n) is 8.30. The molecule has 3 rings (SSSR count). The number of ether oxygens (including phenoxy) is 1. The molecule has 0 N–H and O–H groups in total. The topological polar surface area (TPSA) is 21.6 Å². The summed E-state index contributed by atoms with van der Waals surface area (Å²) in [4.78, 5) is 4.55. The van der Waals surface area contributed by atoms with Crippen molar-refractivity contribution in [1.82, 2.24) is 0 Å². The van der Waals surface area contributed by atoms with Gasteiger partial charge in [0.1, 0.15) is 12.4 Å². The van der Waals surface area contributed by atoms with Crippen molar-refractivity contribution in [3.8, 4) is 5.75 Å². The van der Waals surface area contributed by atoms with Gasteiger partial charge in [0.05, 0.1) is 10.2 Å². The molecule has 0 aliphatic carbocycles. The molecule has 3 aromatic rings. The van der Waals surface area contributed by atoms with Crippen LogP contribution in [0, 0.1) is 13.8 Å². The Balaban J connectivity index is 1.70. The van der Waals surface area contributed by atoms with Gasteiger partial charge in [-0.3, -0.25) is 4.99 Å². The van der Waals surface area contributed by atoms with E-state index in [2.05, 4.69) is 46.9 Å². The Bertz CT molecular complexity index is 953. The van der Waals surface area contributed by atoms with Crippen LogP contribution in [0.2, 0.25) is 5.02 Å². The van der Waals surface area contributed by atoms with E-state index in [-0.39, 0.29) is 0 Å². The summed E-state index contributed by atoms with van der Waals surface area (Å²) in [5, 5.41) is 0.709. The minimum Gasteiger partial charge on any atom is -0.488 e. The van der Waals surface area contributed by atoms with Crippen molar-refractivity contribution in [1.29, 1.82) is 0 Å². The molecule has 0 saturated heterocycles. The summed E-state index contributed by atoms with van der Waals surface area (Å²) >= 11 is 9.73. The molecule has 26 heavy (non-hydrogen) atoms. The van der Waals surface area contributed by atoms with E-state index >= 15 is 0 Å². The Morgan fingerprint density at radius 1 is 1.00 bits per heavy atom. The number of nitrogens with zero attached hydrogens (tertiary/aromatic N) is 1. The molecular formula is C22H19BrClNO. The van der Waals surface area contributed by atoms with Gasteiger partial charge in [0.2, 0.25) is 0 Å². The van der Waals surface area contributed by atoms with Crippen molar-refractivity contribution in [2.24, 2.45) is 4.99 Å². The van der Waals surface area contributed by atoms with Gasteiger partial charge in [-0.2, -0.15) is 0 Å². The van der Waals surface area contributed by atoms with Crippen molar-refractivity contribution in [2.45, 2.75) is 20.5 Å². The number of aliphatic imine (C=N–C) groups is 1. The lowest BCUT2D eigenvalue weighted by molar-refractivity contribution is 0.304. The van der Waals surface area contributed by atoms with Gasteiger partial charge in [-0.05, 0) is 82.9 Å². The van der Waals surface area contributed by atoms with Crippen LogP contribution in [0.15, 0.2) is 70.1 Å². The molecule has 0 radical (unpaired) electrons. The summed E-state index contributed by atoms with van der Waals surface area (Å²) in [5.74, 6) is 0.772. The summed E-state index contributed by atoms with van der Waals surface area (Å²) in [6.07, 6.45) is 1.85. The highest BCUT2D eigenvalue weighted by Gasteiger charge is 2.05. The molecule has 4 heteroatoms. The molecule has 0 saturated carbocycles. The van der Waals surface area contributed by atoms with Crippen LogP contribution in [0.3, 0.4) is 0 Å². The van der Waals surface area contributed by atoms with Gasteiger partial charge in [-0.1, -0.05) is 35.9 Å². The smallest absolute Gasteiger partial charge is 0.134 e. The second kappa shape index (κ2) is 8.52. The highest BCUT2D eigenvalue weighted by Crippen LogP contribution is 2.27. The fraction of sp³-hybridized carbons (Fsp3) is 0.136. The zero-order valence-electron chi connectivity index (χ0n) is 14.7. The van der Waals surface area contributed by atoms with Crippen molar-refractivity contribution >= 4 is 39.4 Å². The number of aryl methyl sites for hydroxylation is 2. The van der Waals surface area contributed by atoms with Crippen LogP contribution in [-0.2, 0) is 6.61 Å². The maximum Gasteiger partial charge on any atom is 0.134 e. The third-order valence-corrected chi connectivity index (χ3v) is 5.14. The molecule has 0 bridgehead atoms. The molecule has 132 valence electrons. The van der Waals surface area contributed by atoms with E-state index < -0.39 is 0 Å². The lowest BCUT2D eigenvalue weighted by atomic mass is 10.1. The maximum atomic E-state index is 6.17. The molecule has 3 aromatic carbocycles. The maximum absolute atomic E-state index is 6.17. The van der Waals surface area contributed by atoms with Crippen molar-refractivity contribution in [3.63, 3.8) is 0 Å². The second-order valence-corrected chi connectivity index (χ2v) is 7.36.